The molecule has 0 aliphatic carbocycles. The number of likely N-dealkylation sites (N-methyl/N-ethyl adjacent to an activating group) is 1. The minimum atomic E-state index is -0.246. The molecule has 1 saturated heterocycles. The molecule has 0 N–H and O–H groups in total. The molecule has 1 amide bonds. The summed E-state index contributed by atoms with van der Waals surface area (Å²) >= 11 is 0. The van der Waals surface area contributed by atoms with Crippen molar-refractivity contribution in [2.45, 2.75) is 45.6 Å². The SMILES string of the molecule is CCCC1CCCN(CC(=O)N(C)Cc2ccccc2F)CC1. The molecule has 0 spiro atoms. The number of likely N-dealkylation sites (tertiary alicyclic amines) is 1. The van der Waals surface area contributed by atoms with Crippen LogP contribution in [0.5, 0.6) is 0 Å². The standard InChI is InChI=1S/C19H29FN2O/c1-3-7-16-8-6-12-22(13-11-16)15-19(23)21(2)14-17-9-4-5-10-18(17)20/h4-5,9-10,16H,3,6-8,11-15H2,1-2H3. The van der Waals surface area contributed by atoms with E-state index in [1.807, 2.05) is 0 Å². The molecule has 1 atom stereocenters. The van der Waals surface area contributed by atoms with Gasteiger partial charge in [0.05, 0.1) is 6.54 Å². The molecule has 2 rings (SSSR count). The van der Waals surface area contributed by atoms with Crippen molar-refractivity contribution < 1.29 is 9.18 Å². The molecule has 0 radical (unpaired) electrons. The number of nitrogens with zero attached hydrogens (tertiary/aromatic N) is 2. The summed E-state index contributed by atoms with van der Waals surface area (Å²) in [7, 11) is 1.76. The Bertz CT molecular complexity index is 506. The highest BCUT2D eigenvalue weighted by Gasteiger charge is 2.20. The molecule has 3 nitrogen and oxygen atoms in total. The van der Waals surface area contributed by atoms with Gasteiger partial charge in [-0.3, -0.25) is 9.69 Å². The lowest BCUT2D eigenvalue weighted by atomic mass is 9.96. The first kappa shape index (κ1) is 17.9. The number of benzene rings is 1. The van der Waals surface area contributed by atoms with Crippen molar-refractivity contribution in [1.82, 2.24) is 9.80 Å². The van der Waals surface area contributed by atoms with E-state index in [2.05, 4.69) is 11.8 Å². The first-order valence-electron chi connectivity index (χ1n) is 8.80. The van der Waals surface area contributed by atoms with Crippen LogP contribution in [-0.4, -0.2) is 42.4 Å². The molecule has 23 heavy (non-hydrogen) atoms. The molecule has 1 heterocycles. The molecule has 0 aromatic heterocycles. The van der Waals surface area contributed by atoms with E-state index in [-0.39, 0.29) is 11.7 Å². The number of hydrogen-bond acceptors (Lipinski definition) is 2. The molecule has 4 heteroatoms. The number of rotatable bonds is 6. The van der Waals surface area contributed by atoms with Gasteiger partial charge in [0.15, 0.2) is 0 Å². The minimum absolute atomic E-state index is 0.0715. The van der Waals surface area contributed by atoms with Gasteiger partial charge in [0.25, 0.3) is 0 Å². The van der Waals surface area contributed by atoms with Crippen molar-refractivity contribution in [2.24, 2.45) is 5.92 Å². The van der Waals surface area contributed by atoms with Gasteiger partial charge in [-0.05, 0) is 44.3 Å². The average Bonchev–Trinajstić information content (AvgIpc) is 2.75. The maximum atomic E-state index is 13.7. The molecule has 1 unspecified atom stereocenters. The fourth-order valence-corrected chi connectivity index (χ4v) is 3.36. The first-order chi connectivity index (χ1) is 11.1. The minimum Gasteiger partial charge on any atom is -0.340 e. The summed E-state index contributed by atoms with van der Waals surface area (Å²) in [5, 5.41) is 0. The van der Waals surface area contributed by atoms with E-state index >= 15 is 0 Å². The normalized spacial score (nSPS) is 19.3. The van der Waals surface area contributed by atoms with Gasteiger partial charge >= 0.3 is 0 Å². The van der Waals surface area contributed by atoms with Gasteiger partial charge in [-0.15, -0.1) is 0 Å². The van der Waals surface area contributed by atoms with Gasteiger partial charge in [0.1, 0.15) is 5.82 Å². The Kier molecular flexibility index (Phi) is 7.03. The summed E-state index contributed by atoms with van der Waals surface area (Å²) in [6.07, 6.45) is 6.20. The molecule has 128 valence electrons. The van der Waals surface area contributed by atoms with E-state index in [0.29, 0.717) is 18.7 Å². The summed E-state index contributed by atoms with van der Waals surface area (Å²) in [6, 6.07) is 6.65. The zero-order chi connectivity index (χ0) is 16.7. The van der Waals surface area contributed by atoms with E-state index < -0.39 is 0 Å². The predicted octanol–water partition coefficient (Wildman–Crippen LogP) is 3.69. The topological polar surface area (TPSA) is 23.6 Å². The molecule has 1 aliphatic rings. The third-order valence-electron chi connectivity index (χ3n) is 4.79. The van der Waals surface area contributed by atoms with E-state index in [0.717, 1.165) is 19.0 Å². The number of halogens is 1. The van der Waals surface area contributed by atoms with Crippen LogP contribution in [0.15, 0.2) is 24.3 Å². The quantitative estimate of drug-likeness (QED) is 0.798. The van der Waals surface area contributed by atoms with Crippen LogP contribution in [0.4, 0.5) is 4.39 Å². The van der Waals surface area contributed by atoms with Gasteiger partial charge in [0.2, 0.25) is 5.91 Å². The van der Waals surface area contributed by atoms with E-state index in [1.54, 1.807) is 30.1 Å². The van der Waals surface area contributed by atoms with Gasteiger partial charge in [-0.25, -0.2) is 4.39 Å². The predicted molar refractivity (Wildman–Crippen MR) is 91.6 cm³/mol. The molecule has 0 bridgehead atoms. The second kappa shape index (κ2) is 9.02. The van der Waals surface area contributed by atoms with Crippen LogP contribution >= 0.6 is 0 Å². The molecular weight excluding hydrogens is 291 g/mol. The molecule has 1 aliphatic heterocycles. The Morgan fingerprint density at radius 1 is 1.30 bits per heavy atom. The highest BCUT2D eigenvalue weighted by atomic mass is 19.1. The highest BCUT2D eigenvalue weighted by molar-refractivity contribution is 5.78. The summed E-state index contributed by atoms with van der Waals surface area (Å²) in [5.41, 5.74) is 0.572. The zero-order valence-corrected chi connectivity index (χ0v) is 14.4. The molecule has 0 saturated carbocycles. The maximum Gasteiger partial charge on any atom is 0.236 e. The average molecular weight is 320 g/mol. The van der Waals surface area contributed by atoms with Crippen molar-refractivity contribution in [2.75, 3.05) is 26.7 Å². The van der Waals surface area contributed by atoms with Crippen LogP contribution in [0, 0.1) is 11.7 Å². The maximum absolute atomic E-state index is 13.7. The van der Waals surface area contributed by atoms with Crippen molar-refractivity contribution >= 4 is 5.91 Å². The van der Waals surface area contributed by atoms with E-state index in [4.69, 9.17) is 0 Å². The monoisotopic (exact) mass is 320 g/mol. The van der Waals surface area contributed by atoms with Crippen molar-refractivity contribution in [3.63, 3.8) is 0 Å². The Labute approximate surface area is 139 Å². The lowest BCUT2D eigenvalue weighted by Crippen LogP contribution is -2.38. The van der Waals surface area contributed by atoms with Crippen molar-refractivity contribution in [3.8, 4) is 0 Å². The molecular formula is C19H29FN2O. The number of hydrogen-bond donors (Lipinski definition) is 0. The van der Waals surface area contributed by atoms with Crippen LogP contribution < -0.4 is 0 Å². The first-order valence-corrected chi connectivity index (χ1v) is 8.80. The van der Waals surface area contributed by atoms with Crippen LogP contribution in [0.25, 0.3) is 0 Å². The van der Waals surface area contributed by atoms with Gasteiger partial charge in [-0.1, -0.05) is 38.0 Å². The van der Waals surface area contributed by atoms with Gasteiger partial charge < -0.3 is 4.90 Å². The highest BCUT2D eigenvalue weighted by Crippen LogP contribution is 2.21. The summed E-state index contributed by atoms with van der Waals surface area (Å²) in [5.74, 6) is 0.641. The molecule has 1 fully saturated rings. The lowest BCUT2D eigenvalue weighted by Gasteiger charge is -2.24. The molecule has 1 aromatic carbocycles. The van der Waals surface area contributed by atoms with E-state index in [1.165, 1.54) is 38.2 Å². The third kappa shape index (κ3) is 5.61. The van der Waals surface area contributed by atoms with Crippen LogP contribution in [0.1, 0.15) is 44.6 Å². The number of carbonyl (C=O) groups is 1. The zero-order valence-electron chi connectivity index (χ0n) is 14.4. The lowest BCUT2D eigenvalue weighted by molar-refractivity contribution is -0.131. The summed E-state index contributed by atoms with van der Waals surface area (Å²) < 4.78 is 13.7. The number of carbonyl (C=O) groups excluding carboxylic acids is 1. The van der Waals surface area contributed by atoms with Crippen LogP contribution in [0.2, 0.25) is 0 Å². The van der Waals surface area contributed by atoms with Gasteiger partial charge in [0, 0.05) is 19.2 Å². The van der Waals surface area contributed by atoms with Gasteiger partial charge in [-0.2, -0.15) is 0 Å². The largest absolute Gasteiger partial charge is 0.340 e. The number of amides is 1. The second-order valence-corrected chi connectivity index (χ2v) is 6.70. The Hall–Kier alpha value is -1.42. The van der Waals surface area contributed by atoms with E-state index in [9.17, 15) is 9.18 Å². The Morgan fingerprint density at radius 2 is 2.09 bits per heavy atom. The van der Waals surface area contributed by atoms with Crippen molar-refractivity contribution in [3.05, 3.63) is 35.6 Å². The fraction of sp³-hybridized carbons (Fsp3) is 0.632. The van der Waals surface area contributed by atoms with Crippen LogP contribution in [-0.2, 0) is 11.3 Å². The van der Waals surface area contributed by atoms with Crippen LogP contribution in [0.3, 0.4) is 0 Å². The summed E-state index contributed by atoms with van der Waals surface area (Å²) in [4.78, 5) is 16.3. The fourth-order valence-electron chi connectivity index (χ4n) is 3.36. The smallest absolute Gasteiger partial charge is 0.236 e. The second-order valence-electron chi connectivity index (χ2n) is 6.70. The Balaban J connectivity index is 1.82. The third-order valence-corrected chi connectivity index (χ3v) is 4.79. The summed E-state index contributed by atoms with van der Waals surface area (Å²) in [6.45, 7) is 5.02. The van der Waals surface area contributed by atoms with Crippen molar-refractivity contribution in [1.29, 1.82) is 0 Å². The molecule has 1 aromatic rings. The Morgan fingerprint density at radius 3 is 2.83 bits per heavy atom.